The van der Waals surface area contributed by atoms with E-state index in [1.807, 2.05) is 0 Å². The van der Waals surface area contributed by atoms with Gasteiger partial charge in [-0.2, -0.15) is 0 Å². The molecule has 0 amide bonds. The van der Waals surface area contributed by atoms with Gasteiger partial charge in [-0.1, -0.05) is 12.7 Å². The van der Waals surface area contributed by atoms with Crippen LogP contribution < -0.4 is 0 Å². The Morgan fingerprint density at radius 1 is 1.38 bits per heavy atom. The fourth-order valence-electron chi connectivity index (χ4n) is 0.958. The molecule has 0 N–H and O–H groups in total. The summed E-state index contributed by atoms with van der Waals surface area (Å²) < 4.78 is 0. The van der Waals surface area contributed by atoms with E-state index in [0.29, 0.717) is 0 Å². The molecule has 6 nitrogen and oxygen atoms in total. The Morgan fingerprint density at radius 3 is 2.38 bits per heavy atom. The highest BCUT2D eigenvalue weighted by Crippen LogP contribution is 2.23. The van der Waals surface area contributed by atoms with Crippen molar-refractivity contribution in [2.24, 2.45) is 0 Å². The molecule has 6 heteroatoms. The minimum absolute atomic E-state index is 0.135. The van der Waals surface area contributed by atoms with Crippen LogP contribution in [0.25, 0.3) is 0 Å². The Labute approximate surface area is 73.2 Å². The van der Waals surface area contributed by atoms with Gasteiger partial charge >= 0.3 is 11.4 Å². The van der Waals surface area contributed by atoms with Crippen LogP contribution in [0.2, 0.25) is 0 Å². The standard InChI is InChI=1S/C7H5N2O4/c1-5-3-2-4-6(8(10)11)7(5)9(12)13/h2H,1,3H2. The maximum Gasteiger partial charge on any atom is 0.353 e. The summed E-state index contributed by atoms with van der Waals surface area (Å²) in [5, 5.41) is 20.7. The van der Waals surface area contributed by atoms with Gasteiger partial charge < -0.3 is 0 Å². The summed E-state index contributed by atoms with van der Waals surface area (Å²) in [4.78, 5) is 19.1. The Hall–Kier alpha value is -1.98. The average Bonchev–Trinajstić information content (AvgIpc) is 2.02. The van der Waals surface area contributed by atoms with E-state index in [4.69, 9.17) is 0 Å². The summed E-state index contributed by atoms with van der Waals surface area (Å²) in [5.74, 6) is 0. The Bertz CT molecular complexity index is 354. The molecule has 0 heterocycles. The quantitative estimate of drug-likeness (QED) is 0.471. The summed E-state index contributed by atoms with van der Waals surface area (Å²) in [7, 11) is 0. The molecule has 0 fully saturated rings. The van der Waals surface area contributed by atoms with Gasteiger partial charge in [0.2, 0.25) is 0 Å². The lowest BCUT2D eigenvalue weighted by Gasteiger charge is -2.03. The largest absolute Gasteiger partial charge is 0.353 e. The number of allylic oxidation sites excluding steroid dienone is 3. The molecule has 0 bridgehead atoms. The molecular weight excluding hydrogens is 176 g/mol. The molecule has 0 spiro atoms. The van der Waals surface area contributed by atoms with Gasteiger partial charge in [0.15, 0.2) is 0 Å². The van der Waals surface area contributed by atoms with Crippen LogP contribution in [0.5, 0.6) is 0 Å². The van der Waals surface area contributed by atoms with Crippen LogP contribution in [0.4, 0.5) is 0 Å². The topological polar surface area (TPSA) is 86.3 Å². The van der Waals surface area contributed by atoms with Crippen LogP contribution in [0.1, 0.15) is 6.42 Å². The molecule has 0 aliphatic heterocycles. The summed E-state index contributed by atoms with van der Waals surface area (Å²) >= 11 is 0. The van der Waals surface area contributed by atoms with Crippen molar-refractivity contribution in [3.63, 3.8) is 0 Å². The third-order valence-electron chi connectivity index (χ3n) is 1.51. The number of hydrogen-bond acceptors (Lipinski definition) is 4. The molecule has 0 unspecified atom stereocenters. The lowest BCUT2D eigenvalue weighted by molar-refractivity contribution is -0.466. The van der Waals surface area contributed by atoms with E-state index in [2.05, 4.69) is 12.7 Å². The van der Waals surface area contributed by atoms with Gasteiger partial charge in [0.1, 0.15) is 0 Å². The van der Waals surface area contributed by atoms with Crippen molar-refractivity contribution in [3.05, 3.63) is 55.9 Å². The van der Waals surface area contributed by atoms with Crippen molar-refractivity contribution in [2.75, 3.05) is 0 Å². The minimum Gasteiger partial charge on any atom is -0.258 e. The van der Waals surface area contributed by atoms with Gasteiger partial charge in [0.05, 0.1) is 15.9 Å². The summed E-state index contributed by atoms with van der Waals surface area (Å²) in [6, 6.07) is 0. The van der Waals surface area contributed by atoms with E-state index in [9.17, 15) is 20.2 Å². The van der Waals surface area contributed by atoms with Crippen LogP contribution >= 0.6 is 0 Å². The molecule has 1 radical (unpaired) electrons. The zero-order valence-corrected chi connectivity index (χ0v) is 6.52. The van der Waals surface area contributed by atoms with E-state index in [1.165, 1.54) is 6.08 Å². The van der Waals surface area contributed by atoms with Crippen LogP contribution in [-0.4, -0.2) is 9.85 Å². The first-order chi connectivity index (χ1) is 6.04. The summed E-state index contributed by atoms with van der Waals surface area (Å²) in [6.07, 6.45) is 3.82. The lowest BCUT2D eigenvalue weighted by atomic mass is 10.0. The highest BCUT2D eigenvalue weighted by molar-refractivity contribution is 5.33. The molecule has 1 aliphatic carbocycles. The molecule has 1 aliphatic rings. The Morgan fingerprint density at radius 2 is 2.00 bits per heavy atom. The number of hydrogen-bond donors (Lipinski definition) is 0. The van der Waals surface area contributed by atoms with Gasteiger partial charge in [0, 0.05) is 5.57 Å². The molecule has 0 atom stereocenters. The van der Waals surface area contributed by atoms with Gasteiger partial charge in [-0.15, -0.1) is 0 Å². The minimum atomic E-state index is -0.834. The van der Waals surface area contributed by atoms with E-state index < -0.39 is 21.2 Å². The van der Waals surface area contributed by atoms with Gasteiger partial charge in [-0.25, -0.2) is 0 Å². The first kappa shape index (κ1) is 9.11. The van der Waals surface area contributed by atoms with Crippen LogP contribution in [-0.2, 0) is 0 Å². The first-order valence-electron chi connectivity index (χ1n) is 3.33. The smallest absolute Gasteiger partial charge is 0.258 e. The first-order valence-corrected chi connectivity index (χ1v) is 3.33. The molecule has 1 rings (SSSR count). The molecule has 0 aromatic carbocycles. The van der Waals surface area contributed by atoms with Crippen LogP contribution in [0.3, 0.4) is 0 Å². The highest BCUT2D eigenvalue weighted by atomic mass is 16.6. The molecule has 0 saturated heterocycles. The van der Waals surface area contributed by atoms with Crippen molar-refractivity contribution in [3.8, 4) is 0 Å². The fraction of sp³-hybridized carbons (Fsp3) is 0.143. The summed E-state index contributed by atoms with van der Waals surface area (Å²) in [5.41, 5.74) is -1.04. The van der Waals surface area contributed by atoms with Crippen LogP contribution in [0, 0.1) is 26.3 Å². The average molecular weight is 181 g/mol. The Balaban J connectivity index is 3.28. The van der Waals surface area contributed by atoms with Crippen molar-refractivity contribution < 1.29 is 9.85 Å². The molecule has 67 valence electrons. The molecule has 0 aromatic rings. The zero-order valence-electron chi connectivity index (χ0n) is 6.52. The zero-order chi connectivity index (χ0) is 10.0. The number of nitrogens with zero attached hydrogens (tertiary/aromatic N) is 2. The van der Waals surface area contributed by atoms with E-state index in [1.54, 1.807) is 0 Å². The highest BCUT2D eigenvalue weighted by Gasteiger charge is 2.31. The van der Waals surface area contributed by atoms with E-state index in [0.717, 1.165) is 0 Å². The van der Waals surface area contributed by atoms with Crippen LogP contribution in [0.15, 0.2) is 29.6 Å². The van der Waals surface area contributed by atoms with Gasteiger partial charge in [-0.3, -0.25) is 20.2 Å². The predicted octanol–water partition coefficient (Wildman–Crippen LogP) is 1.07. The molecule has 13 heavy (non-hydrogen) atoms. The normalized spacial score (nSPS) is 16.2. The number of nitro groups is 2. The van der Waals surface area contributed by atoms with E-state index >= 15 is 0 Å². The molecule has 0 saturated carbocycles. The maximum absolute atomic E-state index is 10.4. The lowest BCUT2D eigenvalue weighted by Crippen LogP contribution is -2.12. The second-order valence-electron chi connectivity index (χ2n) is 2.37. The Kier molecular flexibility index (Phi) is 2.23. The predicted molar refractivity (Wildman–Crippen MR) is 42.6 cm³/mol. The second kappa shape index (κ2) is 3.18. The van der Waals surface area contributed by atoms with Crippen molar-refractivity contribution in [1.82, 2.24) is 0 Å². The fourth-order valence-corrected chi connectivity index (χ4v) is 0.958. The van der Waals surface area contributed by atoms with Crippen molar-refractivity contribution in [2.45, 2.75) is 6.42 Å². The van der Waals surface area contributed by atoms with Crippen molar-refractivity contribution >= 4 is 0 Å². The SMILES string of the molecule is C=C1CC=[C]C([N+](=O)[O-])=C1[N+](=O)[O-]. The third-order valence-corrected chi connectivity index (χ3v) is 1.51. The third kappa shape index (κ3) is 1.61. The summed E-state index contributed by atoms with van der Waals surface area (Å²) in [6.45, 7) is 3.37. The monoisotopic (exact) mass is 181 g/mol. The molecular formula is C7H5N2O4. The van der Waals surface area contributed by atoms with Gasteiger partial charge in [-0.05, 0) is 6.42 Å². The van der Waals surface area contributed by atoms with Gasteiger partial charge in [0.25, 0.3) is 0 Å². The second-order valence-corrected chi connectivity index (χ2v) is 2.37. The van der Waals surface area contributed by atoms with E-state index in [-0.39, 0.29) is 12.0 Å². The molecule has 0 aromatic heterocycles. The van der Waals surface area contributed by atoms with Crippen molar-refractivity contribution in [1.29, 1.82) is 0 Å². The maximum atomic E-state index is 10.4. The number of rotatable bonds is 2.